The van der Waals surface area contributed by atoms with E-state index in [1.165, 1.54) is 0 Å². The van der Waals surface area contributed by atoms with Crippen LogP contribution in [-0.2, 0) is 0 Å². The van der Waals surface area contributed by atoms with Crippen molar-refractivity contribution in [1.82, 2.24) is 0 Å². The Morgan fingerprint density at radius 3 is 2.44 bits per heavy atom. The van der Waals surface area contributed by atoms with Gasteiger partial charge in [-0.2, -0.15) is 0 Å². The molecule has 0 spiro atoms. The van der Waals surface area contributed by atoms with Gasteiger partial charge in [0.2, 0.25) is 6.86 Å². The Labute approximate surface area is 53.1 Å². The average molecular weight is 126 g/mol. The van der Waals surface area contributed by atoms with Crippen molar-refractivity contribution in [2.75, 3.05) is 6.86 Å². The van der Waals surface area contributed by atoms with Gasteiger partial charge in [0.25, 0.3) is 0 Å². The SMILES string of the molecule is FCOc1ccccc1. The minimum atomic E-state index is -0.760. The van der Waals surface area contributed by atoms with Crippen molar-refractivity contribution >= 4 is 0 Å². The lowest BCUT2D eigenvalue weighted by molar-refractivity contribution is 0.192. The second-order valence-electron chi connectivity index (χ2n) is 1.57. The Hall–Kier alpha value is -1.05. The first-order valence-corrected chi connectivity index (χ1v) is 2.67. The molecule has 0 aliphatic rings. The molecule has 0 heterocycles. The monoisotopic (exact) mass is 126 g/mol. The van der Waals surface area contributed by atoms with Gasteiger partial charge < -0.3 is 4.74 Å². The topological polar surface area (TPSA) is 9.23 Å². The van der Waals surface area contributed by atoms with Crippen LogP contribution in [0, 0.1) is 0 Å². The van der Waals surface area contributed by atoms with Crippen LogP contribution < -0.4 is 4.74 Å². The molecule has 0 aliphatic carbocycles. The van der Waals surface area contributed by atoms with Crippen molar-refractivity contribution < 1.29 is 9.13 Å². The molecule has 9 heavy (non-hydrogen) atoms. The van der Waals surface area contributed by atoms with Gasteiger partial charge in [0.1, 0.15) is 5.75 Å². The summed E-state index contributed by atoms with van der Waals surface area (Å²) in [6.07, 6.45) is 0. The van der Waals surface area contributed by atoms with Gasteiger partial charge in [-0.1, -0.05) is 18.2 Å². The molecule has 0 unspecified atom stereocenters. The number of ether oxygens (including phenoxy) is 1. The Balaban J connectivity index is 2.61. The Morgan fingerprint density at radius 1 is 1.22 bits per heavy atom. The number of rotatable bonds is 2. The van der Waals surface area contributed by atoms with Gasteiger partial charge in [0, 0.05) is 0 Å². The standard InChI is InChI=1S/C7H7FO/c8-6-9-7-4-2-1-3-5-7/h1-5H,6H2. The fourth-order valence-electron chi connectivity index (χ4n) is 0.580. The minimum absolute atomic E-state index is 0.569. The van der Waals surface area contributed by atoms with E-state index in [9.17, 15) is 4.39 Å². The first-order valence-electron chi connectivity index (χ1n) is 2.67. The molecule has 0 atom stereocenters. The quantitative estimate of drug-likeness (QED) is 0.588. The highest BCUT2D eigenvalue weighted by molar-refractivity contribution is 5.20. The summed E-state index contributed by atoms with van der Waals surface area (Å²) in [5.41, 5.74) is 0. The van der Waals surface area contributed by atoms with E-state index >= 15 is 0 Å². The number of halogens is 1. The molecule has 0 radical (unpaired) electrons. The Bertz CT molecular complexity index is 162. The molecule has 0 saturated carbocycles. The van der Waals surface area contributed by atoms with Crippen molar-refractivity contribution in [2.45, 2.75) is 0 Å². The molecule has 0 aromatic heterocycles. The normalized spacial score (nSPS) is 9.00. The third-order valence-corrected chi connectivity index (χ3v) is 0.964. The highest BCUT2D eigenvalue weighted by Crippen LogP contribution is 2.07. The Kier molecular flexibility index (Phi) is 2.07. The zero-order chi connectivity index (χ0) is 6.53. The van der Waals surface area contributed by atoms with Crippen LogP contribution in [0.25, 0.3) is 0 Å². The van der Waals surface area contributed by atoms with Crippen molar-refractivity contribution in [3.05, 3.63) is 30.3 Å². The lowest BCUT2D eigenvalue weighted by Crippen LogP contribution is -1.87. The Morgan fingerprint density at radius 2 is 1.89 bits per heavy atom. The molecule has 0 N–H and O–H groups in total. The van der Waals surface area contributed by atoms with Crippen molar-refractivity contribution in [3.8, 4) is 5.75 Å². The number of hydrogen-bond donors (Lipinski definition) is 0. The van der Waals surface area contributed by atoms with Crippen LogP contribution in [0.4, 0.5) is 4.39 Å². The van der Waals surface area contributed by atoms with Crippen LogP contribution in [0.5, 0.6) is 5.75 Å². The van der Waals surface area contributed by atoms with Gasteiger partial charge in [-0.05, 0) is 12.1 Å². The lowest BCUT2D eigenvalue weighted by Gasteiger charge is -1.96. The molecule has 1 nitrogen and oxygen atoms in total. The van der Waals surface area contributed by atoms with Crippen molar-refractivity contribution in [1.29, 1.82) is 0 Å². The molecule has 1 aromatic carbocycles. The van der Waals surface area contributed by atoms with Crippen LogP contribution in [0.15, 0.2) is 30.3 Å². The summed E-state index contributed by atoms with van der Waals surface area (Å²) < 4.78 is 16.0. The summed E-state index contributed by atoms with van der Waals surface area (Å²) in [4.78, 5) is 0. The van der Waals surface area contributed by atoms with E-state index in [-0.39, 0.29) is 0 Å². The maximum absolute atomic E-state index is 11.5. The number of para-hydroxylation sites is 1. The van der Waals surface area contributed by atoms with E-state index in [4.69, 9.17) is 0 Å². The summed E-state index contributed by atoms with van der Waals surface area (Å²) in [6, 6.07) is 8.86. The van der Waals surface area contributed by atoms with E-state index in [2.05, 4.69) is 4.74 Å². The third kappa shape index (κ3) is 1.72. The van der Waals surface area contributed by atoms with Gasteiger partial charge in [0.15, 0.2) is 0 Å². The summed E-state index contributed by atoms with van der Waals surface area (Å²) >= 11 is 0. The predicted octanol–water partition coefficient (Wildman–Crippen LogP) is 1.99. The predicted molar refractivity (Wildman–Crippen MR) is 33.0 cm³/mol. The molecule has 0 fully saturated rings. The summed E-state index contributed by atoms with van der Waals surface area (Å²) in [5, 5.41) is 0. The second-order valence-corrected chi connectivity index (χ2v) is 1.57. The van der Waals surface area contributed by atoms with E-state index < -0.39 is 6.86 Å². The number of benzene rings is 1. The molecule has 0 amide bonds. The van der Waals surface area contributed by atoms with E-state index in [0.717, 1.165) is 0 Å². The molecule has 0 saturated heterocycles. The number of alkyl halides is 1. The summed E-state index contributed by atoms with van der Waals surface area (Å²) in [7, 11) is 0. The fraction of sp³-hybridized carbons (Fsp3) is 0.143. The maximum atomic E-state index is 11.5. The van der Waals surface area contributed by atoms with Crippen LogP contribution in [0.1, 0.15) is 0 Å². The molecule has 2 heteroatoms. The molecular formula is C7H7FO. The lowest BCUT2D eigenvalue weighted by atomic mass is 10.3. The fourth-order valence-corrected chi connectivity index (χ4v) is 0.580. The van der Waals surface area contributed by atoms with Gasteiger partial charge in [-0.3, -0.25) is 0 Å². The molecule has 48 valence electrons. The smallest absolute Gasteiger partial charge is 0.228 e. The van der Waals surface area contributed by atoms with Crippen LogP contribution in [-0.4, -0.2) is 6.86 Å². The average Bonchev–Trinajstić information content (AvgIpc) is 1.91. The third-order valence-electron chi connectivity index (χ3n) is 0.964. The van der Waals surface area contributed by atoms with Crippen molar-refractivity contribution in [2.24, 2.45) is 0 Å². The van der Waals surface area contributed by atoms with E-state index in [1.54, 1.807) is 24.3 Å². The van der Waals surface area contributed by atoms with Crippen molar-refractivity contribution in [3.63, 3.8) is 0 Å². The first-order chi connectivity index (χ1) is 4.43. The largest absolute Gasteiger partial charge is 0.463 e. The van der Waals surface area contributed by atoms with Gasteiger partial charge >= 0.3 is 0 Å². The van der Waals surface area contributed by atoms with E-state index in [0.29, 0.717) is 5.75 Å². The zero-order valence-electron chi connectivity index (χ0n) is 4.88. The summed E-state index contributed by atoms with van der Waals surface area (Å²) in [5.74, 6) is 0.569. The highest BCUT2D eigenvalue weighted by atomic mass is 19.1. The van der Waals surface area contributed by atoms with Crippen LogP contribution >= 0.6 is 0 Å². The maximum Gasteiger partial charge on any atom is 0.228 e. The molecule has 0 bridgehead atoms. The van der Waals surface area contributed by atoms with Crippen LogP contribution in [0.3, 0.4) is 0 Å². The first kappa shape index (κ1) is 6.08. The van der Waals surface area contributed by atoms with Gasteiger partial charge in [0.05, 0.1) is 0 Å². The second kappa shape index (κ2) is 3.07. The number of hydrogen-bond acceptors (Lipinski definition) is 1. The molecule has 1 aromatic rings. The van der Waals surface area contributed by atoms with Gasteiger partial charge in [-0.25, -0.2) is 4.39 Å². The highest BCUT2D eigenvalue weighted by Gasteiger charge is 1.85. The van der Waals surface area contributed by atoms with E-state index in [1.807, 2.05) is 6.07 Å². The molecular weight excluding hydrogens is 119 g/mol. The summed E-state index contributed by atoms with van der Waals surface area (Å²) in [6.45, 7) is -0.760. The molecule has 0 aliphatic heterocycles. The zero-order valence-corrected chi connectivity index (χ0v) is 4.88. The van der Waals surface area contributed by atoms with Gasteiger partial charge in [-0.15, -0.1) is 0 Å². The van der Waals surface area contributed by atoms with Crippen LogP contribution in [0.2, 0.25) is 0 Å². The molecule has 1 rings (SSSR count). The minimum Gasteiger partial charge on any atom is -0.463 e.